The largest absolute Gasteiger partial charge is 0.497 e. The van der Waals surface area contributed by atoms with E-state index in [1.165, 1.54) is 6.42 Å². The molecule has 5 rings (SSSR count). The van der Waals surface area contributed by atoms with Crippen LogP contribution in [-0.2, 0) is 22.7 Å². The molecule has 5 heteroatoms. The van der Waals surface area contributed by atoms with E-state index < -0.39 is 0 Å². The third-order valence-corrected chi connectivity index (χ3v) is 7.72. The van der Waals surface area contributed by atoms with E-state index in [0.29, 0.717) is 19.6 Å². The lowest BCUT2D eigenvalue weighted by molar-refractivity contribution is -0.129. The van der Waals surface area contributed by atoms with E-state index in [9.17, 15) is 9.59 Å². The summed E-state index contributed by atoms with van der Waals surface area (Å²) in [5, 5.41) is 0. The van der Waals surface area contributed by atoms with Crippen LogP contribution in [0.2, 0.25) is 0 Å². The standard InChI is InChI=1S/C32H35NO4/c1-36-28-18-12-23(13-19-28)21-33-30(34)20-29(37-22-24-8-4-2-5-9-24)31(33)25-14-16-27(17-15-25)32(35)26-10-6-3-7-11-26/h2,4-5,8-9,12-19,26,29,31H,3,6-7,10-11,20-22H2,1H3/t29-,31+/m0/s1. The average molecular weight is 498 g/mol. The molecule has 2 aliphatic rings. The minimum atomic E-state index is -0.272. The van der Waals surface area contributed by atoms with Crippen molar-refractivity contribution in [2.24, 2.45) is 5.92 Å². The quantitative estimate of drug-likeness (QED) is 0.316. The Morgan fingerprint density at radius 1 is 0.865 bits per heavy atom. The minimum Gasteiger partial charge on any atom is -0.497 e. The number of Topliss-reactive ketones (excluding diaryl/α,β-unsaturated/α-hetero) is 1. The van der Waals surface area contributed by atoms with Gasteiger partial charge in [-0.2, -0.15) is 0 Å². The topological polar surface area (TPSA) is 55.8 Å². The minimum absolute atomic E-state index is 0.0706. The molecular weight excluding hydrogens is 462 g/mol. The number of rotatable bonds is 9. The number of carbonyl (C=O) groups excluding carboxylic acids is 2. The van der Waals surface area contributed by atoms with Gasteiger partial charge >= 0.3 is 0 Å². The molecule has 1 heterocycles. The van der Waals surface area contributed by atoms with Crippen LogP contribution in [0.15, 0.2) is 78.9 Å². The number of benzene rings is 3. The molecule has 3 aromatic rings. The number of carbonyl (C=O) groups is 2. The molecule has 1 aliphatic carbocycles. The number of likely N-dealkylation sites (tertiary alicyclic amines) is 1. The zero-order valence-electron chi connectivity index (χ0n) is 21.5. The van der Waals surface area contributed by atoms with Gasteiger partial charge in [-0.15, -0.1) is 0 Å². The van der Waals surface area contributed by atoms with Gasteiger partial charge in [0.05, 0.1) is 32.3 Å². The van der Waals surface area contributed by atoms with Crippen LogP contribution in [0.1, 0.15) is 71.6 Å². The van der Waals surface area contributed by atoms with Gasteiger partial charge in [0.1, 0.15) is 5.75 Å². The van der Waals surface area contributed by atoms with Gasteiger partial charge in [0.15, 0.2) is 5.78 Å². The fourth-order valence-corrected chi connectivity index (χ4v) is 5.64. The Morgan fingerprint density at radius 2 is 1.57 bits per heavy atom. The number of hydrogen-bond acceptors (Lipinski definition) is 4. The van der Waals surface area contributed by atoms with Crippen molar-refractivity contribution in [2.45, 2.75) is 63.8 Å². The van der Waals surface area contributed by atoms with Crippen LogP contribution in [-0.4, -0.2) is 29.8 Å². The molecule has 5 nitrogen and oxygen atoms in total. The molecule has 1 saturated heterocycles. The normalized spacial score (nSPS) is 20.2. The second-order valence-corrected chi connectivity index (χ2v) is 10.2. The average Bonchev–Trinajstić information content (AvgIpc) is 3.27. The number of hydrogen-bond donors (Lipinski definition) is 0. The highest BCUT2D eigenvalue weighted by Gasteiger charge is 2.41. The molecule has 2 fully saturated rings. The molecule has 0 radical (unpaired) electrons. The highest BCUT2D eigenvalue weighted by molar-refractivity contribution is 5.98. The highest BCUT2D eigenvalue weighted by atomic mass is 16.5. The van der Waals surface area contributed by atoms with Crippen LogP contribution in [0.4, 0.5) is 0 Å². The maximum Gasteiger partial charge on any atom is 0.226 e. The van der Waals surface area contributed by atoms with Gasteiger partial charge in [-0.25, -0.2) is 0 Å². The Balaban J connectivity index is 1.38. The number of ketones is 1. The van der Waals surface area contributed by atoms with Gasteiger partial charge in [-0.1, -0.05) is 86.0 Å². The summed E-state index contributed by atoms with van der Waals surface area (Å²) in [6.45, 7) is 0.936. The summed E-state index contributed by atoms with van der Waals surface area (Å²) in [6, 6.07) is 25.5. The van der Waals surface area contributed by atoms with Gasteiger partial charge in [-0.05, 0) is 41.7 Å². The lowest BCUT2D eigenvalue weighted by Gasteiger charge is -2.29. The Labute approximate surface area is 219 Å². The van der Waals surface area contributed by atoms with E-state index in [0.717, 1.165) is 53.7 Å². The Hall–Kier alpha value is -3.44. The first-order valence-electron chi connectivity index (χ1n) is 13.3. The molecule has 37 heavy (non-hydrogen) atoms. The summed E-state index contributed by atoms with van der Waals surface area (Å²) >= 11 is 0. The fourth-order valence-electron chi connectivity index (χ4n) is 5.64. The van der Waals surface area contributed by atoms with Crippen LogP contribution in [0.5, 0.6) is 5.75 Å². The summed E-state index contributed by atoms with van der Waals surface area (Å²) in [6.07, 6.45) is 5.54. The van der Waals surface area contributed by atoms with Crippen molar-refractivity contribution in [3.8, 4) is 5.75 Å². The molecule has 0 N–H and O–H groups in total. The van der Waals surface area contributed by atoms with Gasteiger partial charge in [0, 0.05) is 18.0 Å². The molecule has 1 amide bonds. The summed E-state index contributed by atoms with van der Waals surface area (Å²) in [5.41, 5.74) is 3.88. The van der Waals surface area contributed by atoms with Crippen LogP contribution in [0.3, 0.4) is 0 Å². The Kier molecular flexibility index (Phi) is 8.00. The van der Waals surface area contributed by atoms with E-state index in [2.05, 4.69) is 0 Å². The van der Waals surface area contributed by atoms with Gasteiger partial charge < -0.3 is 14.4 Å². The second kappa shape index (κ2) is 11.7. The Morgan fingerprint density at radius 3 is 2.24 bits per heavy atom. The van der Waals surface area contributed by atoms with Crippen LogP contribution in [0.25, 0.3) is 0 Å². The fraction of sp³-hybridized carbons (Fsp3) is 0.375. The van der Waals surface area contributed by atoms with E-state index >= 15 is 0 Å². The number of nitrogens with zero attached hydrogens (tertiary/aromatic N) is 1. The summed E-state index contributed by atoms with van der Waals surface area (Å²) < 4.78 is 11.6. The number of amides is 1. The van der Waals surface area contributed by atoms with E-state index in [1.807, 2.05) is 83.8 Å². The number of ether oxygens (including phenoxy) is 2. The third-order valence-electron chi connectivity index (χ3n) is 7.72. The van der Waals surface area contributed by atoms with Crippen molar-refractivity contribution in [1.29, 1.82) is 0 Å². The van der Waals surface area contributed by atoms with Crippen LogP contribution < -0.4 is 4.74 Å². The van der Waals surface area contributed by atoms with Gasteiger partial charge in [0.25, 0.3) is 0 Å². The molecule has 3 aromatic carbocycles. The zero-order chi connectivity index (χ0) is 25.6. The van der Waals surface area contributed by atoms with E-state index in [-0.39, 0.29) is 29.8 Å². The van der Waals surface area contributed by atoms with Crippen molar-refractivity contribution in [1.82, 2.24) is 4.90 Å². The predicted octanol–water partition coefficient (Wildman–Crippen LogP) is 6.52. The molecule has 0 spiro atoms. The smallest absolute Gasteiger partial charge is 0.226 e. The van der Waals surface area contributed by atoms with E-state index in [1.54, 1.807) is 7.11 Å². The van der Waals surface area contributed by atoms with Crippen molar-refractivity contribution in [3.63, 3.8) is 0 Å². The van der Waals surface area contributed by atoms with Crippen LogP contribution in [0, 0.1) is 5.92 Å². The first-order chi connectivity index (χ1) is 18.1. The Bertz CT molecular complexity index is 1180. The molecule has 0 aromatic heterocycles. The third kappa shape index (κ3) is 5.94. The predicted molar refractivity (Wildman–Crippen MR) is 143 cm³/mol. The molecule has 0 bridgehead atoms. The highest BCUT2D eigenvalue weighted by Crippen LogP contribution is 2.37. The van der Waals surface area contributed by atoms with Crippen molar-refractivity contribution in [3.05, 3.63) is 101 Å². The lowest BCUT2D eigenvalue weighted by atomic mass is 9.83. The van der Waals surface area contributed by atoms with Crippen molar-refractivity contribution < 1.29 is 19.1 Å². The molecule has 2 atom stereocenters. The second-order valence-electron chi connectivity index (χ2n) is 10.2. The van der Waals surface area contributed by atoms with Crippen molar-refractivity contribution >= 4 is 11.7 Å². The summed E-state index contributed by atoms with van der Waals surface area (Å²) in [4.78, 5) is 28.2. The van der Waals surface area contributed by atoms with E-state index in [4.69, 9.17) is 9.47 Å². The first-order valence-corrected chi connectivity index (χ1v) is 13.3. The summed E-state index contributed by atoms with van der Waals surface area (Å²) in [5.74, 6) is 1.25. The molecule has 1 saturated carbocycles. The molecule has 1 aliphatic heterocycles. The van der Waals surface area contributed by atoms with Crippen LogP contribution >= 0.6 is 0 Å². The lowest BCUT2D eigenvalue weighted by Crippen LogP contribution is -2.30. The summed E-state index contributed by atoms with van der Waals surface area (Å²) in [7, 11) is 1.65. The molecule has 192 valence electrons. The maximum absolute atomic E-state index is 13.3. The van der Waals surface area contributed by atoms with Gasteiger partial charge in [-0.3, -0.25) is 9.59 Å². The SMILES string of the molecule is COc1ccc(CN2C(=O)C[C@H](OCc3ccccc3)[C@H]2c2ccc(C(=O)C3CCCCC3)cc2)cc1. The van der Waals surface area contributed by atoms with Gasteiger partial charge in [0.2, 0.25) is 5.91 Å². The molecule has 0 unspecified atom stereocenters. The monoisotopic (exact) mass is 497 g/mol. The molecular formula is C32H35NO4. The van der Waals surface area contributed by atoms with Crippen molar-refractivity contribution in [2.75, 3.05) is 7.11 Å². The number of methoxy groups -OCH3 is 1. The maximum atomic E-state index is 13.3. The zero-order valence-corrected chi connectivity index (χ0v) is 21.5. The first kappa shape index (κ1) is 25.2.